The van der Waals surface area contributed by atoms with E-state index in [1.54, 1.807) is 97.1 Å². The van der Waals surface area contributed by atoms with Gasteiger partial charge in [-0.3, -0.25) is 9.11 Å². The molecule has 16 nitrogen and oxygen atoms in total. The first-order chi connectivity index (χ1) is 30.9. The first kappa shape index (κ1) is 49.3. The number of nitrogens with one attached hydrogen (secondary N) is 2. The Bertz CT molecular complexity index is 2970. The van der Waals surface area contributed by atoms with Crippen molar-refractivity contribution in [3.8, 4) is 46.3 Å². The van der Waals surface area contributed by atoms with E-state index in [2.05, 4.69) is 30.6 Å². The topological polar surface area (TPSA) is 221 Å². The number of nitrogens with zero attached hydrogens (tertiary/aromatic N) is 4. The second-order valence-corrected chi connectivity index (χ2v) is 16.2. The molecule has 0 unspecified atom stereocenters. The fourth-order valence-corrected chi connectivity index (χ4v) is 7.35. The molecule has 66 heavy (non-hydrogen) atoms. The summed E-state index contributed by atoms with van der Waals surface area (Å²) < 4.78 is 95.2. The summed E-state index contributed by atoms with van der Waals surface area (Å²) in [6, 6.07) is 43.6. The van der Waals surface area contributed by atoms with Crippen molar-refractivity contribution in [1.82, 2.24) is 19.9 Å². The van der Waals surface area contributed by atoms with E-state index in [9.17, 15) is 25.9 Å². The first-order valence-corrected chi connectivity index (χ1v) is 21.9. The Balaban J connectivity index is 0.00000360. The number of ether oxygens (including phenoxy) is 4. The second kappa shape index (κ2) is 22.4. The molecule has 20 heteroatoms. The average molecular weight is 943 g/mol. The summed E-state index contributed by atoms with van der Waals surface area (Å²) in [7, 11) is -9.71. The molecule has 0 saturated carbocycles. The molecule has 0 saturated heterocycles. The van der Waals surface area contributed by atoms with Gasteiger partial charge in [0.05, 0.1) is 12.4 Å². The van der Waals surface area contributed by atoms with Gasteiger partial charge in [0, 0.05) is 11.4 Å². The first-order valence-electron chi connectivity index (χ1n) is 19.0. The molecule has 0 spiro atoms. The molecule has 2 heterocycles. The third kappa shape index (κ3) is 13.2. The Kier molecular flexibility index (Phi) is 16.7. The number of aromatic nitrogens is 4. The number of hydrogen-bond donors (Lipinski definition) is 4. The predicted octanol–water partition coefficient (Wildman–Crippen LogP) is 9.29. The van der Waals surface area contributed by atoms with Crippen molar-refractivity contribution >= 4 is 115 Å². The third-order valence-electron chi connectivity index (χ3n) is 8.84. The molecule has 8 aromatic rings. The van der Waals surface area contributed by atoms with E-state index in [1.807, 2.05) is 24.3 Å². The minimum atomic E-state index is -4.85. The molecular formula is C46H36N6Na2O10S2. The van der Waals surface area contributed by atoms with Crippen LogP contribution in [0.3, 0.4) is 0 Å². The van der Waals surface area contributed by atoms with Gasteiger partial charge in [0.25, 0.3) is 32.0 Å². The summed E-state index contributed by atoms with van der Waals surface area (Å²) in [5.41, 5.74) is 0.296. The zero-order chi connectivity index (χ0) is 44.5. The van der Waals surface area contributed by atoms with Crippen molar-refractivity contribution in [2.45, 2.75) is 9.79 Å². The van der Waals surface area contributed by atoms with Gasteiger partial charge in [-0.15, -0.1) is 0 Å². The van der Waals surface area contributed by atoms with Crippen LogP contribution in [0, 0.1) is 0 Å². The molecule has 0 amide bonds. The van der Waals surface area contributed by atoms with Gasteiger partial charge in [-0.25, -0.2) is 9.97 Å². The number of anilines is 4. The summed E-state index contributed by atoms with van der Waals surface area (Å²) in [4.78, 5) is 16.5. The molecule has 324 valence electrons. The van der Waals surface area contributed by atoms with E-state index in [0.717, 1.165) is 12.1 Å². The molecular weight excluding hydrogens is 907 g/mol. The maximum atomic E-state index is 12.7. The summed E-state index contributed by atoms with van der Waals surface area (Å²) in [6.45, 7) is 0. The molecule has 0 atom stereocenters. The Morgan fingerprint density at radius 3 is 1.08 bits per heavy atom. The molecule has 0 aliphatic rings. The van der Waals surface area contributed by atoms with Crippen LogP contribution in [-0.2, 0) is 20.2 Å². The molecule has 6 aromatic carbocycles. The van der Waals surface area contributed by atoms with E-state index in [4.69, 9.17) is 18.9 Å². The average Bonchev–Trinajstić information content (AvgIpc) is 3.29. The quantitative estimate of drug-likeness (QED) is 0.0403. The van der Waals surface area contributed by atoms with Gasteiger partial charge in [0.1, 0.15) is 32.8 Å². The second-order valence-electron chi connectivity index (χ2n) is 13.4. The molecule has 0 radical (unpaired) electrons. The summed E-state index contributed by atoms with van der Waals surface area (Å²) in [5.74, 6) is 2.48. The zero-order valence-electron chi connectivity index (χ0n) is 33.1. The maximum absolute atomic E-state index is 12.7. The SMILES string of the molecule is O=S(=O)(O)c1cc(Nc2ncc(Oc3ccccc3)c(Oc3ccccc3)n2)ccc1C=Cc1ccc(Nc2ncc(Oc3ccccc3)c(Oc3ccccc3)n2)cc1S(=O)(=O)O.[NaH].[NaH]. The number of benzene rings is 6. The standard InChI is InChI=1S/C46H34N6O10S2.2Na.2H/c53-63(54,55)41-27-33(49-45-47-29-39(59-35-13-5-1-6-14-35)43(51-45)61-37-17-9-3-10-18-37)25-23-31(41)21-22-32-24-26-34(28-42(32)64(56,57)58)50-46-48-30-40(60-36-15-7-2-8-16-36)44(52-46)62-38-19-11-4-12-20-38;;;;/h1-30H,(H,47,49,51)(H,48,50,52)(H,53,54,55)(H,56,57,58);;;;. The Morgan fingerprint density at radius 1 is 0.439 bits per heavy atom. The van der Waals surface area contributed by atoms with E-state index >= 15 is 0 Å². The van der Waals surface area contributed by atoms with E-state index in [-0.39, 0.29) is 117 Å². The van der Waals surface area contributed by atoms with Crippen molar-refractivity contribution in [2.75, 3.05) is 10.6 Å². The van der Waals surface area contributed by atoms with Crippen LogP contribution >= 0.6 is 0 Å². The van der Waals surface area contributed by atoms with Crippen molar-refractivity contribution in [1.29, 1.82) is 0 Å². The molecule has 0 aliphatic carbocycles. The van der Waals surface area contributed by atoms with Gasteiger partial charge >= 0.3 is 59.1 Å². The van der Waals surface area contributed by atoms with Crippen LogP contribution in [0.25, 0.3) is 12.2 Å². The summed E-state index contributed by atoms with van der Waals surface area (Å²) in [5, 5.41) is 5.83. The third-order valence-corrected chi connectivity index (χ3v) is 10.7. The van der Waals surface area contributed by atoms with Crippen molar-refractivity contribution in [2.24, 2.45) is 0 Å². The van der Waals surface area contributed by atoms with Crippen LogP contribution in [0.5, 0.6) is 46.3 Å². The van der Waals surface area contributed by atoms with Crippen LogP contribution in [0.2, 0.25) is 0 Å². The van der Waals surface area contributed by atoms with Crippen molar-refractivity contribution in [3.05, 3.63) is 181 Å². The molecule has 0 fully saturated rings. The van der Waals surface area contributed by atoms with Crippen LogP contribution < -0.4 is 29.6 Å². The predicted molar refractivity (Wildman–Crippen MR) is 252 cm³/mol. The van der Waals surface area contributed by atoms with E-state index in [1.165, 1.54) is 48.8 Å². The Hall–Kier alpha value is -6.16. The van der Waals surface area contributed by atoms with E-state index < -0.39 is 30.0 Å². The molecule has 2 aromatic heterocycles. The van der Waals surface area contributed by atoms with Crippen LogP contribution in [0.15, 0.2) is 180 Å². The number of para-hydroxylation sites is 4. The number of hydrogen-bond acceptors (Lipinski definition) is 14. The number of rotatable bonds is 16. The fourth-order valence-electron chi connectivity index (χ4n) is 5.93. The fraction of sp³-hybridized carbons (Fsp3) is 0. The van der Waals surface area contributed by atoms with Crippen molar-refractivity contribution in [3.63, 3.8) is 0 Å². The monoisotopic (exact) mass is 942 g/mol. The molecule has 4 N–H and O–H groups in total. The minimum absolute atomic E-state index is 0. The van der Waals surface area contributed by atoms with Gasteiger partial charge in [0.2, 0.25) is 23.4 Å². The Labute approximate surface area is 423 Å². The van der Waals surface area contributed by atoms with Gasteiger partial charge < -0.3 is 29.6 Å². The molecule has 8 rings (SSSR count). The molecule has 0 bridgehead atoms. The molecule has 0 aliphatic heterocycles. The summed E-state index contributed by atoms with van der Waals surface area (Å²) >= 11 is 0. The van der Waals surface area contributed by atoms with Gasteiger partial charge in [0.15, 0.2) is 0 Å². The normalized spacial score (nSPS) is 11.1. The van der Waals surface area contributed by atoms with Gasteiger partial charge in [-0.05, 0) is 83.9 Å². The van der Waals surface area contributed by atoms with Crippen LogP contribution in [0.4, 0.5) is 23.3 Å². The van der Waals surface area contributed by atoms with Gasteiger partial charge in [-0.2, -0.15) is 26.8 Å². The van der Waals surface area contributed by atoms with Gasteiger partial charge in [-0.1, -0.05) is 97.1 Å². The zero-order valence-corrected chi connectivity index (χ0v) is 34.7. The van der Waals surface area contributed by atoms with E-state index in [0.29, 0.717) is 23.0 Å². The van der Waals surface area contributed by atoms with Crippen molar-refractivity contribution < 1.29 is 44.9 Å². The Morgan fingerprint density at radius 2 is 0.758 bits per heavy atom. The van der Waals surface area contributed by atoms with Crippen LogP contribution in [0.1, 0.15) is 11.1 Å². The van der Waals surface area contributed by atoms with Crippen LogP contribution in [-0.4, -0.2) is 105 Å². The summed E-state index contributed by atoms with van der Waals surface area (Å²) in [6.07, 6.45) is 5.31.